The Balaban J connectivity index is 1.28. The predicted molar refractivity (Wildman–Crippen MR) is 162 cm³/mol. The maximum Gasteiger partial charge on any atom is 0.341 e. The maximum absolute atomic E-state index is 14.4. The maximum atomic E-state index is 14.4. The Labute approximate surface area is 256 Å². The molecule has 6 rings (SSSR count). The predicted octanol–water partition coefficient (Wildman–Crippen LogP) is 9.31. The summed E-state index contributed by atoms with van der Waals surface area (Å²) in [7, 11) is 0. The van der Waals surface area contributed by atoms with E-state index < -0.39 is 29.0 Å². The second-order valence-electron chi connectivity index (χ2n) is 17.0. The highest BCUT2D eigenvalue weighted by Gasteiger charge is 2.72. The minimum atomic E-state index is -0.886. The van der Waals surface area contributed by atoms with Gasteiger partial charge in [0.2, 0.25) is 0 Å². The van der Waals surface area contributed by atoms with Crippen LogP contribution in [0.5, 0.6) is 0 Å². The van der Waals surface area contributed by atoms with Gasteiger partial charge in [0.1, 0.15) is 17.7 Å². The summed E-state index contributed by atoms with van der Waals surface area (Å²) in [5, 5.41) is 10.6. The first kappa shape index (κ1) is 31.0. The van der Waals surface area contributed by atoms with Crippen LogP contribution in [0.1, 0.15) is 123 Å². The van der Waals surface area contributed by atoms with Crippen LogP contribution in [0.15, 0.2) is 18.2 Å². The third-order valence-corrected chi connectivity index (χ3v) is 15.1. The average molecular weight is 599 g/mol. The van der Waals surface area contributed by atoms with Crippen molar-refractivity contribution in [2.24, 2.45) is 62.6 Å². The van der Waals surface area contributed by atoms with Crippen LogP contribution in [-0.4, -0.2) is 23.1 Å². The highest BCUT2D eigenvalue weighted by molar-refractivity contribution is 5.89. The first-order valence-corrected chi connectivity index (χ1v) is 16.9. The second kappa shape index (κ2) is 10.0. The molecular formula is C37H52F2O4. The molecule has 0 aliphatic heterocycles. The number of carbonyl (C=O) groups is 2. The van der Waals surface area contributed by atoms with Crippen molar-refractivity contribution < 1.29 is 28.2 Å². The highest BCUT2D eigenvalue weighted by Crippen LogP contribution is 2.77. The van der Waals surface area contributed by atoms with E-state index in [1.165, 1.54) is 6.07 Å². The summed E-state index contributed by atoms with van der Waals surface area (Å²) >= 11 is 0. The molecule has 0 amide bonds. The number of carboxylic acid groups (broad SMARTS) is 1. The Morgan fingerprint density at radius 3 is 2.23 bits per heavy atom. The first-order chi connectivity index (χ1) is 20.0. The van der Waals surface area contributed by atoms with Gasteiger partial charge in [-0.2, -0.15) is 0 Å². The highest BCUT2D eigenvalue weighted by atomic mass is 19.1. The van der Waals surface area contributed by atoms with Crippen LogP contribution < -0.4 is 0 Å². The number of carboxylic acids is 1. The molecule has 5 aliphatic rings. The fourth-order valence-corrected chi connectivity index (χ4v) is 12.8. The summed E-state index contributed by atoms with van der Waals surface area (Å²) in [6, 6.07) is 3.01. The Bertz CT molecular complexity index is 1310. The van der Waals surface area contributed by atoms with Gasteiger partial charge in [-0.05, 0) is 128 Å². The van der Waals surface area contributed by atoms with E-state index in [0.717, 1.165) is 76.3 Å². The number of aliphatic carboxylic acids is 1. The molecule has 0 bridgehead atoms. The molecule has 6 heteroatoms. The first-order valence-electron chi connectivity index (χ1n) is 16.9. The smallest absolute Gasteiger partial charge is 0.341 e. The SMILES string of the molecule is CC(C)[C@@H]1CC[C@]2(C(=O)O)CC[C@]3(C)C(CCC4[C@@]5(C)CC[C@H](OC(=O)c6ccc(F)cc6F)C(C)(C)C5CC[C@]43C)C12. The van der Waals surface area contributed by atoms with Crippen LogP contribution in [0, 0.1) is 74.2 Å². The van der Waals surface area contributed by atoms with Gasteiger partial charge in [0.05, 0.1) is 11.0 Å². The van der Waals surface area contributed by atoms with Crippen LogP contribution in [-0.2, 0) is 9.53 Å². The standard InChI is InChI=1S/C37H52F2O4/c1-21(2)23-12-17-37(32(41)42)19-18-35(6)25(30(23)37)10-11-28-34(5)15-14-29(33(3,4)27(34)13-16-36(28,35)7)43-31(40)24-9-8-22(38)20-26(24)39/h8-9,20-21,23,25,27-30H,10-19H2,1-7H3,(H,41,42)/t23-,25?,27?,28?,29-,30?,34-,35+,36+,37-/m0/s1. The van der Waals surface area contributed by atoms with E-state index in [1.54, 1.807) is 0 Å². The Morgan fingerprint density at radius 1 is 0.860 bits per heavy atom. The zero-order valence-corrected chi connectivity index (χ0v) is 27.3. The van der Waals surface area contributed by atoms with Gasteiger partial charge in [-0.25, -0.2) is 13.6 Å². The molecule has 4 nitrogen and oxygen atoms in total. The second-order valence-corrected chi connectivity index (χ2v) is 17.0. The summed E-state index contributed by atoms with van der Waals surface area (Å²) in [6.45, 7) is 16.6. The third kappa shape index (κ3) is 4.15. The molecule has 10 atom stereocenters. The monoisotopic (exact) mass is 598 g/mol. The molecule has 5 fully saturated rings. The van der Waals surface area contributed by atoms with E-state index >= 15 is 0 Å². The van der Waals surface area contributed by atoms with E-state index in [9.17, 15) is 23.5 Å². The van der Waals surface area contributed by atoms with E-state index in [-0.39, 0.29) is 39.2 Å². The van der Waals surface area contributed by atoms with Crippen LogP contribution in [0.25, 0.3) is 0 Å². The lowest BCUT2D eigenvalue weighted by atomic mass is 9.32. The van der Waals surface area contributed by atoms with Crippen LogP contribution in [0.3, 0.4) is 0 Å². The van der Waals surface area contributed by atoms with Crippen LogP contribution in [0.4, 0.5) is 8.78 Å². The zero-order chi connectivity index (χ0) is 31.3. The summed E-state index contributed by atoms with van der Waals surface area (Å²) in [6.07, 6.45) is 9.37. The van der Waals surface area contributed by atoms with E-state index in [0.29, 0.717) is 29.6 Å². The van der Waals surface area contributed by atoms with E-state index in [2.05, 4.69) is 48.5 Å². The fraction of sp³-hybridized carbons (Fsp3) is 0.784. The zero-order valence-electron chi connectivity index (χ0n) is 27.3. The van der Waals surface area contributed by atoms with Crippen molar-refractivity contribution in [2.45, 2.75) is 119 Å². The van der Waals surface area contributed by atoms with Crippen LogP contribution >= 0.6 is 0 Å². The summed E-state index contributed by atoms with van der Waals surface area (Å²) in [5.41, 5.74) is -0.780. The van der Waals surface area contributed by atoms with Crippen molar-refractivity contribution in [2.75, 3.05) is 0 Å². The van der Waals surface area contributed by atoms with Gasteiger partial charge in [-0.15, -0.1) is 0 Å². The van der Waals surface area contributed by atoms with Crippen molar-refractivity contribution in [3.8, 4) is 0 Å². The number of carbonyl (C=O) groups excluding carboxylic acids is 1. The summed E-state index contributed by atoms with van der Waals surface area (Å²) in [5.74, 6) is -0.346. The number of halogens is 2. The van der Waals surface area contributed by atoms with Crippen molar-refractivity contribution in [1.82, 2.24) is 0 Å². The number of hydrogen-bond donors (Lipinski definition) is 1. The summed E-state index contributed by atoms with van der Waals surface area (Å²) < 4.78 is 33.9. The Kier molecular flexibility index (Phi) is 7.22. The van der Waals surface area contributed by atoms with Crippen LogP contribution in [0.2, 0.25) is 0 Å². The topological polar surface area (TPSA) is 63.6 Å². The van der Waals surface area contributed by atoms with Crippen molar-refractivity contribution in [1.29, 1.82) is 0 Å². The number of esters is 1. The minimum absolute atomic E-state index is 0.0724. The van der Waals surface area contributed by atoms with Crippen molar-refractivity contribution in [3.05, 3.63) is 35.4 Å². The van der Waals surface area contributed by atoms with Gasteiger partial charge in [0.25, 0.3) is 0 Å². The van der Waals surface area contributed by atoms with Gasteiger partial charge < -0.3 is 9.84 Å². The molecule has 0 aromatic heterocycles. The van der Waals surface area contributed by atoms with Gasteiger partial charge in [-0.3, -0.25) is 4.79 Å². The number of ether oxygens (including phenoxy) is 1. The normalized spacial score (nSPS) is 45.0. The molecule has 5 aliphatic carbocycles. The lowest BCUT2D eigenvalue weighted by molar-refractivity contribution is -0.249. The Morgan fingerprint density at radius 2 is 1.58 bits per heavy atom. The molecule has 5 saturated carbocycles. The largest absolute Gasteiger partial charge is 0.481 e. The van der Waals surface area contributed by atoms with Gasteiger partial charge in [0.15, 0.2) is 0 Å². The van der Waals surface area contributed by atoms with Crippen molar-refractivity contribution >= 4 is 11.9 Å². The quantitative estimate of drug-likeness (QED) is 0.351. The van der Waals surface area contributed by atoms with Crippen molar-refractivity contribution in [3.63, 3.8) is 0 Å². The number of hydrogen-bond acceptors (Lipinski definition) is 3. The van der Waals surface area contributed by atoms with E-state index in [4.69, 9.17) is 4.74 Å². The molecule has 1 aromatic carbocycles. The molecule has 0 radical (unpaired) electrons. The molecule has 1 N–H and O–H groups in total. The molecule has 0 saturated heterocycles. The number of rotatable bonds is 4. The average Bonchev–Trinajstić information content (AvgIpc) is 3.32. The molecule has 43 heavy (non-hydrogen) atoms. The fourth-order valence-electron chi connectivity index (χ4n) is 12.8. The minimum Gasteiger partial charge on any atom is -0.481 e. The van der Waals surface area contributed by atoms with E-state index in [1.807, 2.05) is 0 Å². The lowest BCUT2D eigenvalue weighted by Gasteiger charge is -2.72. The number of benzene rings is 1. The van der Waals surface area contributed by atoms with Gasteiger partial charge in [-0.1, -0.05) is 48.5 Å². The molecular weight excluding hydrogens is 546 g/mol. The van der Waals surface area contributed by atoms with Gasteiger partial charge in [0, 0.05) is 11.5 Å². The molecule has 0 heterocycles. The molecule has 0 spiro atoms. The molecule has 1 aromatic rings. The number of fused-ring (bicyclic) bond motifs is 7. The Hall–Kier alpha value is -1.98. The lowest BCUT2D eigenvalue weighted by Crippen LogP contribution is -2.67. The molecule has 4 unspecified atom stereocenters. The summed E-state index contributed by atoms with van der Waals surface area (Å²) in [4.78, 5) is 26.0. The third-order valence-electron chi connectivity index (χ3n) is 15.1. The molecule has 238 valence electrons. The van der Waals surface area contributed by atoms with Gasteiger partial charge >= 0.3 is 11.9 Å².